The molecule has 1 fully saturated rings. The lowest BCUT2D eigenvalue weighted by Gasteiger charge is -2.32. The van der Waals surface area contributed by atoms with E-state index in [0.717, 1.165) is 58.2 Å². The minimum Gasteiger partial charge on any atom is -0.450 e. The number of rotatable bonds is 5. The van der Waals surface area contributed by atoms with E-state index in [1.165, 1.54) is 22.3 Å². The van der Waals surface area contributed by atoms with E-state index in [4.69, 9.17) is 9.84 Å². The zero-order valence-electron chi connectivity index (χ0n) is 16.3. The van der Waals surface area contributed by atoms with Crippen LogP contribution < -0.4 is 0 Å². The van der Waals surface area contributed by atoms with Crippen LogP contribution in [0.3, 0.4) is 0 Å². The number of hydrogen-bond donors (Lipinski definition) is 1. The van der Waals surface area contributed by atoms with Gasteiger partial charge in [0.2, 0.25) is 0 Å². The highest BCUT2D eigenvalue weighted by Crippen LogP contribution is 2.37. The van der Waals surface area contributed by atoms with Crippen LogP contribution in [0.5, 0.6) is 0 Å². The van der Waals surface area contributed by atoms with Gasteiger partial charge < -0.3 is 9.84 Å². The van der Waals surface area contributed by atoms with Gasteiger partial charge in [-0.3, -0.25) is 4.90 Å². The second-order valence-electron chi connectivity index (χ2n) is 8.04. The summed E-state index contributed by atoms with van der Waals surface area (Å²) in [7, 11) is 0. The van der Waals surface area contributed by atoms with E-state index in [0.29, 0.717) is 5.92 Å². The fourth-order valence-corrected chi connectivity index (χ4v) is 4.93. The molecule has 2 aromatic rings. The minimum absolute atomic E-state index is 0.175. The lowest BCUT2D eigenvalue weighted by molar-refractivity contribution is 0.0132. The summed E-state index contributed by atoms with van der Waals surface area (Å²) >= 11 is 0. The van der Waals surface area contributed by atoms with Gasteiger partial charge in [0, 0.05) is 12.5 Å². The van der Waals surface area contributed by atoms with E-state index in [1.807, 2.05) is 0 Å². The second-order valence-corrected chi connectivity index (χ2v) is 8.04. The third kappa shape index (κ3) is 4.39. The molecule has 1 saturated heterocycles. The van der Waals surface area contributed by atoms with E-state index < -0.39 is 6.16 Å². The molecule has 4 rings (SSSR count). The Morgan fingerprint density at radius 1 is 1.04 bits per heavy atom. The molecule has 28 heavy (non-hydrogen) atoms. The molecule has 0 spiro atoms. The fraction of sp³-hybridized carbons (Fsp3) is 0.458. The number of carbonyl (C=O) groups is 1. The molecule has 2 aliphatic rings. The van der Waals surface area contributed by atoms with Crippen molar-refractivity contribution in [1.29, 1.82) is 0 Å². The molecule has 1 N–H and O–H groups in total. The number of carboxylic acid groups (broad SMARTS) is 1. The lowest BCUT2D eigenvalue weighted by Crippen LogP contribution is -2.40. The van der Waals surface area contributed by atoms with E-state index >= 15 is 0 Å². The molecule has 0 bridgehead atoms. The SMILES string of the molecule is O=C(O)O[C@@H]1CCCN(CCCC2c3ccccc3CCc3ccccc32)C1. The number of nitrogens with zero attached hydrogens (tertiary/aromatic N) is 1. The molecule has 0 unspecified atom stereocenters. The second kappa shape index (κ2) is 8.78. The van der Waals surface area contributed by atoms with Crippen molar-refractivity contribution in [2.24, 2.45) is 0 Å². The summed E-state index contributed by atoms with van der Waals surface area (Å²) < 4.78 is 5.00. The molecule has 4 nitrogen and oxygen atoms in total. The van der Waals surface area contributed by atoms with Crippen LogP contribution in [0.25, 0.3) is 0 Å². The Morgan fingerprint density at radius 3 is 2.32 bits per heavy atom. The number of piperidine rings is 1. The van der Waals surface area contributed by atoms with Crippen LogP contribution in [0.1, 0.15) is 53.9 Å². The normalized spacial score (nSPS) is 20.1. The molecule has 0 aromatic heterocycles. The van der Waals surface area contributed by atoms with Gasteiger partial charge >= 0.3 is 6.16 Å². The first-order chi connectivity index (χ1) is 13.7. The van der Waals surface area contributed by atoms with Crippen LogP contribution in [0, 0.1) is 0 Å². The molecule has 1 atom stereocenters. The smallest absolute Gasteiger partial charge is 0.450 e. The molecule has 1 aliphatic carbocycles. The number of ether oxygens (including phenoxy) is 1. The van der Waals surface area contributed by atoms with Gasteiger partial charge in [0.15, 0.2) is 0 Å². The third-order valence-corrected chi connectivity index (χ3v) is 6.22. The lowest BCUT2D eigenvalue weighted by atomic mass is 9.84. The molecular weight excluding hydrogens is 350 g/mol. The molecule has 0 amide bonds. The van der Waals surface area contributed by atoms with Gasteiger partial charge in [-0.2, -0.15) is 0 Å². The van der Waals surface area contributed by atoms with Gasteiger partial charge in [-0.05, 0) is 73.9 Å². The quantitative estimate of drug-likeness (QED) is 0.754. The summed E-state index contributed by atoms with van der Waals surface area (Å²) in [5.74, 6) is 0.450. The van der Waals surface area contributed by atoms with Gasteiger partial charge in [0.25, 0.3) is 0 Å². The summed E-state index contributed by atoms with van der Waals surface area (Å²) in [5.41, 5.74) is 5.93. The number of aryl methyl sites for hydroxylation is 2. The topological polar surface area (TPSA) is 49.8 Å². The fourth-order valence-electron chi connectivity index (χ4n) is 4.93. The van der Waals surface area contributed by atoms with Crippen LogP contribution >= 0.6 is 0 Å². The maximum Gasteiger partial charge on any atom is 0.506 e. The van der Waals surface area contributed by atoms with E-state index in [-0.39, 0.29) is 6.10 Å². The zero-order chi connectivity index (χ0) is 19.3. The van der Waals surface area contributed by atoms with Gasteiger partial charge in [-0.15, -0.1) is 0 Å². The maximum absolute atomic E-state index is 10.8. The Balaban J connectivity index is 1.44. The predicted molar refractivity (Wildman–Crippen MR) is 110 cm³/mol. The maximum atomic E-state index is 10.8. The molecule has 1 aliphatic heterocycles. The van der Waals surface area contributed by atoms with Crippen molar-refractivity contribution in [2.75, 3.05) is 19.6 Å². The van der Waals surface area contributed by atoms with E-state index in [9.17, 15) is 4.79 Å². The summed E-state index contributed by atoms with van der Waals surface area (Å²) in [6.45, 7) is 2.77. The number of benzene rings is 2. The first-order valence-corrected chi connectivity index (χ1v) is 10.5. The first kappa shape index (κ1) is 19.0. The van der Waals surface area contributed by atoms with Crippen LogP contribution in [0.4, 0.5) is 4.79 Å². The van der Waals surface area contributed by atoms with Gasteiger partial charge in [0.05, 0.1) is 0 Å². The summed E-state index contributed by atoms with van der Waals surface area (Å²) in [6, 6.07) is 17.8. The monoisotopic (exact) mass is 379 g/mol. The largest absolute Gasteiger partial charge is 0.506 e. The molecule has 0 radical (unpaired) electrons. The van der Waals surface area contributed by atoms with Crippen molar-refractivity contribution in [3.63, 3.8) is 0 Å². The van der Waals surface area contributed by atoms with Gasteiger partial charge in [-0.1, -0.05) is 48.5 Å². The van der Waals surface area contributed by atoms with Crippen LogP contribution in [-0.4, -0.2) is 41.9 Å². The Bertz CT molecular complexity index is 772. The highest BCUT2D eigenvalue weighted by Gasteiger charge is 2.25. The van der Waals surface area contributed by atoms with Crippen molar-refractivity contribution in [1.82, 2.24) is 4.90 Å². The first-order valence-electron chi connectivity index (χ1n) is 10.5. The molecular formula is C24H29NO3. The Hall–Kier alpha value is -2.33. The van der Waals surface area contributed by atoms with Crippen molar-refractivity contribution in [2.45, 2.75) is 50.5 Å². The Morgan fingerprint density at radius 2 is 1.68 bits per heavy atom. The van der Waals surface area contributed by atoms with Crippen molar-refractivity contribution >= 4 is 6.16 Å². The number of likely N-dealkylation sites (tertiary alicyclic amines) is 1. The minimum atomic E-state index is -1.15. The average molecular weight is 380 g/mol. The summed E-state index contributed by atoms with van der Waals surface area (Å²) in [5, 5.41) is 8.87. The molecule has 2 aromatic carbocycles. The molecule has 0 saturated carbocycles. The Kier molecular flexibility index (Phi) is 5.96. The van der Waals surface area contributed by atoms with Crippen molar-refractivity contribution < 1.29 is 14.6 Å². The van der Waals surface area contributed by atoms with Crippen molar-refractivity contribution in [3.8, 4) is 0 Å². The highest BCUT2D eigenvalue weighted by atomic mass is 16.7. The third-order valence-electron chi connectivity index (χ3n) is 6.22. The average Bonchev–Trinajstić information content (AvgIpc) is 2.85. The molecule has 148 valence electrons. The Labute approximate surface area is 167 Å². The van der Waals surface area contributed by atoms with Crippen molar-refractivity contribution in [3.05, 3.63) is 70.8 Å². The van der Waals surface area contributed by atoms with E-state index in [1.54, 1.807) is 0 Å². The molecule has 1 heterocycles. The predicted octanol–water partition coefficient (Wildman–Crippen LogP) is 4.86. The van der Waals surface area contributed by atoms with Crippen LogP contribution in [-0.2, 0) is 17.6 Å². The number of fused-ring (bicyclic) bond motifs is 2. The van der Waals surface area contributed by atoms with Crippen LogP contribution in [0.15, 0.2) is 48.5 Å². The molecule has 4 heteroatoms. The van der Waals surface area contributed by atoms with Gasteiger partial charge in [-0.25, -0.2) is 4.79 Å². The van der Waals surface area contributed by atoms with E-state index in [2.05, 4.69) is 53.4 Å². The standard InChI is InChI=1S/C24H29NO3/c26-24(27)28-20-9-5-15-25(17-20)16-6-12-23-21-10-3-1-7-18(21)13-14-19-8-2-4-11-22(19)23/h1-4,7-8,10-11,20,23H,5-6,9,12-17H2,(H,26,27)/t20-/m1/s1. The van der Waals surface area contributed by atoms with Crippen LogP contribution in [0.2, 0.25) is 0 Å². The van der Waals surface area contributed by atoms with Gasteiger partial charge in [0.1, 0.15) is 6.10 Å². The number of hydrogen-bond acceptors (Lipinski definition) is 3. The zero-order valence-corrected chi connectivity index (χ0v) is 16.3. The summed E-state index contributed by atoms with van der Waals surface area (Å²) in [4.78, 5) is 13.2. The summed E-state index contributed by atoms with van der Waals surface area (Å²) in [6.07, 6.45) is 4.97. The highest BCUT2D eigenvalue weighted by molar-refractivity contribution is 5.57.